The van der Waals surface area contributed by atoms with E-state index in [1.807, 2.05) is 46.7 Å². The van der Waals surface area contributed by atoms with Crippen LogP contribution in [0, 0.1) is 0 Å². The molecule has 0 spiro atoms. The summed E-state index contributed by atoms with van der Waals surface area (Å²) in [4.78, 5) is 53.8. The van der Waals surface area contributed by atoms with Crippen LogP contribution in [0.15, 0.2) is 30.3 Å². The number of anilines is 1. The molecule has 10 heteroatoms. The second-order valence-electron chi connectivity index (χ2n) is 10.7. The summed E-state index contributed by atoms with van der Waals surface area (Å²) in [5.74, 6) is 0.811. The summed E-state index contributed by atoms with van der Waals surface area (Å²) < 4.78 is 0.295. The summed E-state index contributed by atoms with van der Waals surface area (Å²) in [6.07, 6.45) is 1.52. The third-order valence-electron chi connectivity index (χ3n) is 8.09. The van der Waals surface area contributed by atoms with E-state index >= 15 is 0 Å². The predicted octanol–water partition coefficient (Wildman–Crippen LogP) is 1.66. The molecule has 2 atom stereocenters. The number of primary amides is 1. The summed E-state index contributed by atoms with van der Waals surface area (Å²) >= 11 is 0. The Balaban J connectivity index is 1.65. The highest BCUT2D eigenvalue weighted by Crippen LogP contribution is 2.42. The van der Waals surface area contributed by atoms with Crippen molar-refractivity contribution in [1.29, 1.82) is 0 Å². The normalized spacial score (nSPS) is 23.6. The summed E-state index contributed by atoms with van der Waals surface area (Å²) in [7, 11) is 0. The van der Waals surface area contributed by atoms with Gasteiger partial charge in [-0.2, -0.15) is 4.98 Å². The van der Waals surface area contributed by atoms with E-state index in [2.05, 4.69) is 12.1 Å². The van der Waals surface area contributed by atoms with Gasteiger partial charge in [-0.1, -0.05) is 30.3 Å². The highest BCUT2D eigenvalue weighted by atomic mass is 16.2. The molecule has 0 bridgehead atoms. The number of piperazine rings is 1. The van der Waals surface area contributed by atoms with Gasteiger partial charge in [0.1, 0.15) is 12.2 Å². The Labute approximate surface area is 217 Å². The van der Waals surface area contributed by atoms with Crippen molar-refractivity contribution in [3.63, 3.8) is 0 Å². The Morgan fingerprint density at radius 2 is 1.81 bits per heavy atom. The van der Waals surface area contributed by atoms with Crippen LogP contribution in [0.3, 0.4) is 0 Å². The average molecular weight is 507 g/mol. The van der Waals surface area contributed by atoms with Crippen molar-refractivity contribution >= 4 is 29.5 Å². The second-order valence-corrected chi connectivity index (χ2v) is 10.7. The lowest BCUT2D eigenvalue weighted by atomic mass is 10.1. The first-order chi connectivity index (χ1) is 17.7. The quantitative estimate of drug-likeness (QED) is 0.597. The number of carbonyl (C=O) groups excluding carboxylic acids is 3. The van der Waals surface area contributed by atoms with E-state index in [1.165, 1.54) is 0 Å². The van der Waals surface area contributed by atoms with Gasteiger partial charge in [-0.05, 0) is 13.8 Å². The van der Waals surface area contributed by atoms with Crippen molar-refractivity contribution in [3.8, 4) is 0 Å². The van der Waals surface area contributed by atoms with Crippen LogP contribution >= 0.6 is 0 Å². The van der Waals surface area contributed by atoms with E-state index in [1.54, 1.807) is 6.92 Å². The van der Waals surface area contributed by atoms with Gasteiger partial charge in [0.05, 0.1) is 18.7 Å². The van der Waals surface area contributed by atoms with Crippen LogP contribution in [0.5, 0.6) is 0 Å². The van der Waals surface area contributed by atoms with Crippen molar-refractivity contribution in [3.05, 3.63) is 47.2 Å². The molecule has 2 saturated heterocycles. The first-order valence-corrected chi connectivity index (χ1v) is 13.1. The van der Waals surface area contributed by atoms with Crippen LogP contribution in [0.2, 0.25) is 0 Å². The molecular weight excluding hydrogens is 470 g/mol. The monoisotopic (exact) mass is 506 g/mol. The molecule has 10 nitrogen and oxygen atoms in total. The Bertz CT molecular complexity index is 1210. The molecule has 196 valence electrons. The molecule has 4 heterocycles. The molecule has 1 aromatic carbocycles. The molecule has 0 aliphatic carbocycles. The summed E-state index contributed by atoms with van der Waals surface area (Å²) in [6, 6.07) is 9.65. The van der Waals surface area contributed by atoms with Gasteiger partial charge in [0.25, 0.3) is 11.8 Å². The lowest BCUT2D eigenvalue weighted by Gasteiger charge is -2.39. The number of aromatic nitrogens is 2. The molecule has 37 heavy (non-hydrogen) atoms. The number of likely N-dealkylation sites (tertiary alicyclic amines) is 1. The molecule has 1 aromatic heterocycles. The summed E-state index contributed by atoms with van der Waals surface area (Å²) in [5.41, 5.74) is 8.32. The minimum Gasteiger partial charge on any atom is -0.364 e. The van der Waals surface area contributed by atoms with Gasteiger partial charge in [-0.25, -0.2) is 4.98 Å². The Morgan fingerprint density at radius 3 is 2.43 bits per heavy atom. The number of fused-ring (bicyclic) bond motifs is 1. The van der Waals surface area contributed by atoms with E-state index in [9.17, 15) is 14.4 Å². The van der Waals surface area contributed by atoms with E-state index in [4.69, 9.17) is 15.7 Å². The maximum absolute atomic E-state index is 13.5. The molecule has 3 aliphatic heterocycles. The van der Waals surface area contributed by atoms with Crippen LogP contribution in [0.4, 0.5) is 11.8 Å². The first kappa shape index (κ1) is 25.1. The molecule has 2 aromatic rings. The third-order valence-corrected chi connectivity index (χ3v) is 8.09. The molecule has 0 radical (unpaired) electrons. The van der Waals surface area contributed by atoms with Gasteiger partial charge in [-0.3, -0.25) is 18.9 Å². The van der Waals surface area contributed by atoms with Crippen molar-refractivity contribution in [2.24, 2.45) is 5.73 Å². The highest BCUT2D eigenvalue weighted by Gasteiger charge is 2.52. The number of quaternary nitrogens is 1. The molecule has 1 unspecified atom stereocenters. The maximum Gasteiger partial charge on any atom is 0.276 e. The minimum absolute atomic E-state index is 0.00482. The van der Waals surface area contributed by atoms with Crippen LogP contribution in [0.1, 0.15) is 55.2 Å². The number of carbonyl (C=O) groups is 3. The van der Waals surface area contributed by atoms with E-state index < -0.39 is 6.04 Å². The highest BCUT2D eigenvalue weighted by molar-refractivity contribution is 5.98. The molecule has 2 fully saturated rings. The first-order valence-electron chi connectivity index (χ1n) is 13.1. The van der Waals surface area contributed by atoms with Crippen molar-refractivity contribution in [2.45, 2.75) is 58.8 Å². The molecule has 0 saturated carbocycles. The van der Waals surface area contributed by atoms with Crippen LogP contribution in [-0.4, -0.2) is 82.3 Å². The largest absolute Gasteiger partial charge is 0.364 e. The topological polar surface area (TPSA) is 113 Å². The molecular formula is C27H36N7O3+. The molecule has 2 N–H and O–H groups in total. The number of rotatable bonds is 6. The molecule has 3 aliphatic rings. The number of nitrogens with zero attached hydrogens (tertiary/aromatic N) is 6. The fourth-order valence-corrected chi connectivity index (χ4v) is 6.09. The van der Waals surface area contributed by atoms with Crippen LogP contribution < -0.4 is 15.1 Å². The molecule has 3 amide bonds. The number of benzene rings is 1. The van der Waals surface area contributed by atoms with Crippen molar-refractivity contribution < 1.29 is 14.4 Å². The van der Waals surface area contributed by atoms with E-state index in [0.717, 1.165) is 23.4 Å². The zero-order chi connectivity index (χ0) is 26.3. The number of amides is 3. The summed E-state index contributed by atoms with van der Waals surface area (Å²) in [5, 5.41) is 0. The Kier molecular flexibility index (Phi) is 6.61. The van der Waals surface area contributed by atoms with E-state index in [0.29, 0.717) is 68.4 Å². The molecule has 5 rings (SSSR count). The number of nitrogens with two attached hydrogens (primary N) is 1. The van der Waals surface area contributed by atoms with Crippen molar-refractivity contribution in [1.82, 2.24) is 24.3 Å². The Morgan fingerprint density at radius 1 is 1.11 bits per heavy atom. The fourth-order valence-electron chi connectivity index (χ4n) is 6.09. The van der Waals surface area contributed by atoms with Crippen LogP contribution in [0.25, 0.3) is 0 Å². The number of hydrogen-bond acceptors (Lipinski definition) is 6. The SMILES string of the molecule is CC(=O)N1CCN(c2nc3c(c([N+]4(Cc5ccccc5)CCC[C@@H]4C(N)=O)n2)CN(C(C)C)C3=O)CC1. The van der Waals surface area contributed by atoms with Gasteiger partial charge in [0, 0.05) is 57.5 Å². The predicted molar refractivity (Wildman–Crippen MR) is 141 cm³/mol. The average Bonchev–Trinajstić information content (AvgIpc) is 3.46. The zero-order valence-electron chi connectivity index (χ0n) is 21.9. The van der Waals surface area contributed by atoms with Gasteiger partial charge >= 0.3 is 0 Å². The van der Waals surface area contributed by atoms with Crippen molar-refractivity contribution in [2.75, 3.05) is 37.6 Å². The minimum atomic E-state index is -0.440. The standard InChI is InChI=1S/C27H35N7O3/c1-18(2)33-16-21-23(26(33)37)29-27(32-13-11-31(12-14-32)19(3)35)30-25(21)34(15-7-10-22(34)24(28)36)17-20-8-5-4-6-9-20/h4-6,8-9,18,22H,7,10-17H2,1-3H3,(H-,28,36)/p+1/t22-,34?/m1/s1. The Hall–Kier alpha value is -3.53. The van der Waals surface area contributed by atoms with Gasteiger partial charge in [-0.15, -0.1) is 0 Å². The lowest BCUT2D eigenvalue weighted by molar-refractivity contribution is -0.129. The van der Waals surface area contributed by atoms with Gasteiger partial charge < -0.3 is 20.4 Å². The smallest absolute Gasteiger partial charge is 0.276 e. The van der Waals surface area contributed by atoms with Gasteiger partial charge in [0.15, 0.2) is 6.04 Å². The van der Waals surface area contributed by atoms with E-state index in [-0.39, 0.29) is 23.8 Å². The third kappa shape index (κ3) is 4.43. The van der Waals surface area contributed by atoms with Gasteiger partial charge in [0.2, 0.25) is 17.7 Å². The maximum atomic E-state index is 13.5. The second kappa shape index (κ2) is 9.74. The van der Waals surface area contributed by atoms with Crippen LogP contribution in [-0.2, 0) is 22.7 Å². The number of hydrogen-bond donors (Lipinski definition) is 1. The lowest BCUT2D eigenvalue weighted by Crippen LogP contribution is -2.58. The zero-order valence-corrected chi connectivity index (χ0v) is 21.9. The fraction of sp³-hybridized carbons (Fsp3) is 0.519. The summed E-state index contributed by atoms with van der Waals surface area (Å²) in [6.45, 7) is 9.56.